The Balaban J connectivity index is 1.80. The van der Waals surface area contributed by atoms with Gasteiger partial charge in [-0.1, -0.05) is 24.6 Å². The van der Waals surface area contributed by atoms with E-state index in [1.807, 2.05) is 38.1 Å². The standard InChI is InChI=1S/C21H27N3O3/c1-4-13-22-20(25)14-24(3)15-21(26)23-17-7-11-19(12-8-17)27-18-9-5-16(2)6-10-18/h5-12H,4,13-15H2,1-3H3,(H,22,25)(H,23,26). The summed E-state index contributed by atoms with van der Waals surface area (Å²) in [6.45, 7) is 5.00. The van der Waals surface area contributed by atoms with Gasteiger partial charge in [0.25, 0.3) is 0 Å². The van der Waals surface area contributed by atoms with Crippen molar-refractivity contribution in [1.29, 1.82) is 0 Å². The third kappa shape index (κ3) is 7.50. The molecule has 2 aromatic carbocycles. The molecule has 2 amide bonds. The molecule has 2 N–H and O–H groups in total. The van der Waals surface area contributed by atoms with Crippen molar-refractivity contribution >= 4 is 17.5 Å². The third-order valence-corrected chi connectivity index (χ3v) is 3.79. The average molecular weight is 369 g/mol. The first kappa shape index (κ1) is 20.5. The molecule has 0 atom stereocenters. The Morgan fingerprint density at radius 1 is 0.926 bits per heavy atom. The normalized spacial score (nSPS) is 10.5. The molecule has 0 aliphatic carbocycles. The van der Waals surface area contributed by atoms with Crippen molar-refractivity contribution in [3.63, 3.8) is 0 Å². The smallest absolute Gasteiger partial charge is 0.238 e. The van der Waals surface area contributed by atoms with Crippen LogP contribution in [0, 0.1) is 6.92 Å². The van der Waals surface area contributed by atoms with Gasteiger partial charge in [-0.25, -0.2) is 0 Å². The van der Waals surface area contributed by atoms with Gasteiger partial charge in [0.15, 0.2) is 0 Å². The number of carbonyl (C=O) groups excluding carboxylic acids is 2. The molecule has 6 heteroatoms. The van der Waals surface area contributed by atoms with Crippen molar-refractivity contribution < 1.29 is 14.3 Å². The van der Waals surface area contributed by atoms with Gasteiger partial charge in [-0.05, 0) is 56.8 Å². The Labute approximate surface area is 160 Å². The van der Waals surface area contributed by atoms with Crippen LogP contribution in [0.5, 0.6) is 11.5 Å². The molecule has 0 radical (unpaired) electrons. The van der Waals surface area contributed by atoms with Crippen LogP contribution in [-0.4, -0.2) is 43.4 Å². The molecule has 27 heavy (non-hydrogen) atoms. The third-order valence-electron chi connectivity index (χ3n) is 3.79. The van der Waals surface area contributed by atoms with E-state index in [2.05, 4.69) is 10.6 Å². The lowest BCUT2D eigenvalue weighted by Gasteiger charge is -2.16. The molecule has 144 valence electrons. The first-order valence-corrected chi connectivity index (χ1v) is 9.06. The minimum atomic E-state index is -0.173. The predicted octanol–water partition coefficient (Wildman–Crippen LogP) is 3.18. The predicted molar refractivity (Wildman–Crippen MR) is 107 cm³/mol. The number of hydrogen-bond donors (Lipinski definition) is 2. The van der Waals surface area contributed by atoms with Gasteiger partial charge in [-0.15, -0.1) is 0 Å². The van der Waals surface area contributed by atoms with E-state index in [0.29, 0.717) is 18.0 Å². The van der Waals surface area contributed by atoms with E-state index < -0.39 is 0 Å². The van der Waals surface area contributed by atoms with E-state index in [-0.39, 0.29) is 24.9 Å². The summed E-state index contributed by atoms with van der Waals surface area (Å²) in [7, 11) is 1.74. The van der Waals surface area contributed by atoms with E-state index >= 15 is 0 Å². The maximum Gasteiger partial charge on any atom is 0.238 e. The SMILES string of the molecule is CCCNC(=O)CN(C)CC(=O)Nc1ccc(Oc2ccc(C)cc2)cc1. The minimum Gasteiger partial charge on any atom is -0.457 e. The zero-order valence-corrected chi connectivity index (χ0v) is 16.1. The van der Waals surface area contributed by atoms with Crippen LogP contribution in [0.4, 0.5) is 5.69 Å². The fourth-order valence-corrected chi connectivity index (χ4v) is 2.42. The van der Waals surface area contributed by atoms with Crippen LogP contribution in [0.3, 0.4) is 0 Å². The fraction of sp³-hybridized carbons (Fsp3) is 0.333. The number of ether oxygens (including phenoxy) is 1. The summed E-state index contributed by atoms with van der Waals surface area (Å²) in [6, 6.07) is 15.0. The van der Waals surface area contributed by atoms with Gasteiger partial charge < -0.3 is 15.4 Å². The molecule has 0 saturated heterocycles. The van der Waals surface area contributed by atoms with Crippen LogP contribution in [0.1, 0.15) is 18.9 Å². The summed E-state index contributed by atoms with van der Waals surface area (Å²) in [4.78, 5) is 25.4. The van der Waals surface area contributed by atoms with Crippen LogP contribution in [0.2, 0.25) is 0 Å². The van der Waals surface area contributed by atoms with E-state index in [1.165, 1.54) is 5.56 Å². The molecule has 0 fully saturated rings. The number of amides is 2. The largest absolute Gasteiger partial charge is 0.457 e. The van der Waals surface area contributed by atoms with E-state index in [1.54, 1.807) is 36.2 Å². The number of aryl methyl sites for hydroxylation is 1. The van der Waals surface area contributed by atoms with Crippen LogP contribution >= 0.6 is 0 Å². The molecular weight excluding hydrogens is 342 g/mol. The first-order valence-electron chi connectivity index (χ1n) is 9.06. The fourth-order valence-electron chi connectivity index (χ4n) is 2.42. The summed E-state index contributed by atoms with van der Waals surface area (Å²) in [5, 5.41) is 5.61. The van der Waals surface area contributed by atoms with Crippen molar-refractivity contribution in [2.24, 2.45) is 0 Å². The number of hydrogen-bond acceptors (Lipinski definition) is 4. The number of carbonyl (C=O) groups is 2. The van der Waals surface area contributed by atoms with Gasteiger partial charge >= 0.3 is 0 Å². The van der Waals surface area contributed by atoms with Crippen LogP contribution < -0.4 is 15.4 Å². The quantitative estimate of drug-likeness (QED) is 0.712. The Kier molecular flexibility index (Phi) is 7.82. The average Bonchev–Trinajstić information content (AvgIpc) is 2.63. The van der Waals surface area contributed by atoms with Gasteiger partial charge in [-0.3, -0.25) is 14.5 Å². The van der Waals surface area contributed by atoms with E-state index in [9.17, 15) is 9.59 Å². The molecule has 0 aliphatic heterocycles. The van der Waals surface area contributed by atoms with Crippen LogP contribution in [0.15, 0.2) is 48.5 Å². The zero-order chi connectivity index (χ0) is 19.6. The summed E-state index contributed by atoms with van der Waals surface area (Å²) < 4.78 is 5.77. The second-order valence-electron chi connectivity index (χ2n) is 6.51. The number of benzene rings is 2. The van der Waals surface area contributed by atoms with Crippen LogP contribution in [-0.2, 0) is 9.59 Å². The molecule has 0 spiro atoms. The molecular formula is C21H27N3O3. The van der Waals surface area contributed by atoms with Crippen molar-refractivity contribution in [1.82, 2.24) is 10.2 Å². The van der Waals surface area contributed by atoms with E-state index in [4.69, 9.17) is 4.74 Å². The number of rotatable bonds is 9. The highest BCUT2D eigenvalue weighted by atomic mass is 16.5. The van der Waals surface area contributed by atoms with Gasteiger partial charge in [0.05, 0.1) is 13.1 Å². The monoisotopic (exact) mass is 369 g/mol. The molecule has 0 unspecified atom stereocenters. The number of nitrogens with one attached hydrogen (secondary N) is 2. The van der Waals surface area contributed by atoms with Crippen molar-refractivity contribution in [2.75, 3.05) is 32.0 Å². The lowest BCUT2D eigenvalue weighted by atomic mass is 10.2. The summed E-state index contributed by atoms with van der Waals surface area (Å²) in [5.74, 6) is 1.21. The zero-order valence-electron chi connectivity index (χ0n) is 16.1. The van der Waals surface area contributed by atoms with Gasteiger partial charge in [0.1, 0.15) is 11.5 Å². The first-order chi connectivity index (χ1) is 13.0. The molecule has 0 saturated carbocycles. The van der Waals surface area contributed by atoms with Gasteiger partial charge in [0.2, 0.25) is 11.8 Å². The second kappa shape index (κ2) is 10.3. The lowest BCUT2D eigenvalue weighted by molar-refractivity contribution is -0.122. The molecule has 0 aromatic heterocycles. The summed E-state index contributed by atoms with van der Waals surface area (Å²) >= 11 is 0. The van der Waals surface area contributed by atoms with Gasteiger partial charge in [-0.2, -0.15) is 0 Å². The highest BCUT2D eigenvalue weighted by Crippen LogP contribution is 2.23. The number of nitrogens with zero attached hydrogens (tertiary/aromatic N) is 1. The molecule has 2 aromatic rings. The second-order valence-corrected chi connectivity index (χ2v) is 6.51. The Morgan fingerprint density at radius 3 is 2.07 bits per heavy atom. The number of anilines is 1. The minimum absolute atomic E-state index is 0.0789. The highest BCUT2D eigenvalue weighted by Gasteiger charge is 2.10. The van der Waals surface area contributed by atoms with Crippen molar-refractivity contribution in [3.05, 3.63) is 54.1 Å². The Morgan fingerprint density at radius 2 is 1.48 bits per heavy atom. The maximum atomic E-state index is 12.1. The number of likely N-dealkylation sites (N-methyl/N-ethyl adjacent to an activating group) is 1. The van der Waals surface area contributed by atoms with E-state index in [0.717, 1.165) is 12.2 Å². The molecule has 0 aliphatic rings. The topological polar surface area (TPSA) is 70.7 Å². The molecule has 0 heterocycles. The molecule has 6 nitrogen and oxygen atoms in total. The lowest BCUT2D eigenvalue weighted by Crippen LogP contribution is -2.39. The Hall–Kier alpha value is -2.86. The van der Waals surface area contributed by atoms with Crippen LogP contribution in [0.25, 0.3) is 0 Å². The van der Waals surface area contributed by atoms with Crippen molar-refractivity contribution in [3.8, 4) is 11.5 Å². The van der Waals surface area contributed by atoms with Crippen molar-refractivity contribution in [2.45, 2.75) is 20.3 Å². The molecule has 2 rings (SSSR count). The maximum absolute atomic E-state index is 12.1. The summed E-state index contributed by atoms with van der Waals surface area (Å²) in [5.41, 5.74) is 1.85. The Bertz CT molecular complexity index is 742. The molecule has 0 bridgehead atoms. The van der Waals surface area contributed by atoms with Gasteiger partial charge in [0, 0.05) is 12.2 Å². The highest BCUT2D eigenvalue weighted by molar-refractivity contribution is 5.92. The summed E-state index contributed by atoms with van der Waals surface area (Å²) in [6.07, 6.45) is 0.888.